The number of rotatable bonds is 3. The molecule has 1 heterocycles. The molecule has 4 nitrogen and oxygen atoms in total. The number of halogens is 3. The summed E-state index contributed by atoms with van der Waals surface area (Å²) >= 11 is 9.02. The number of pyridine rings is 1. The number of benzene rings is 1. The summed E-state index contributed by atoms with van der Waals surface area (Å²) in [6.07, 6.45) is 1.41. The first kappa shape index (κ1) is 14.7. The monoisotopic (exact) mass is 357 g/mol. The third kappa shape index (κ3) is 3.26. The molecule has 0 saturated heterocycles. The first-order chi connectivity index (χ1) is 9.51. The third-order valence-electron chi connectivity index (χ3n) is 2.52. The van der Waals surface area contributed by atoms with Crippen LogP contribution in [0, 0.1) is 5.82 Å². The topological polar surface area (TPSA) is 54.0 Å². The lowest BCUT2D eigenvalue weighted by Crippen LogP contribution is -2.12. The molecule has 0 aliphatic carbocycles. The SMILES string of the molecule is CNc1ncc(C(=O)Nc2ccc(F)c(Br)c2)cc1Cl. The maximum atomic E-state index is 13.1. The van der Waals surface area contributed by atoms with Crippen molar-refractivity contribution in [2.24, 2.45) is 0 Å². The summed E-state index contributed by atoms with van der Waals surface area (Å²) < 4.78 is 13.4. The van der Waals surface area contributed by atoms with Crippen molar-refractivity contribution in [1.29, 1.82) is 0 Å². The van der Waals surface area contributed by atoms with Crippen molar-refractivity contribution in [3.05, 3.63) is 51.3 Å². The Labute approximate surface area is 128 Å². The zero-order valence-electron chi connectivity index (χ0n) is 10.4. The van der Waals surface area contributed by atoms with Crippen molar-refractivity contribution in [3.8, 4) is 0 Å². The number of aromatic nitrogens is 1. The predicted molar refractivity (Wildman–Crippen MR) is 80.8 cm³/mol. The Hall–Kier alpha value is -1.66. The quantitative estimate of drug-likeness (QED) is 0.874. The van der Waals surface area contributed by atoms with Crippen molar-refractivity contribution in [2.75, 3.05) is 17.7 Å². The number of nitrogens with zero attached hydrogens (tertiary/aromatic N) is 1. The molecule has 2 N–H and O–H groups in total. The molecule has 2 aromatic rings. The number of carbonyl (C=O) groups excluding carboxylic acids is 1. The zero-order valence-corrected chi connectivity index (χ0v) is 12.7. The predicted octanol–water partition coefficient (Wildman–Crippen LogP) is 3.93. The fourth-order valence-electron chi connectivity index (χ4n) is 1.52. The number of anilines is 2. The van der Waals surface area contributed by atoms with Gasteiger partial charge < -0.3 is 10.6 Å². The minimum Gasteiger partial charge on any atom is -0.372 e. The average molecular weight is 359 g/mol. The zero-order chi connectivity index (χ0) is 14.7. The van der Waals surface area contributed by atoms with Gasteiger partial charge in [-0.25, -0.2) is 9.37 Å². The van der Waals surface area contributed by atoms with Gasteiger partial charge in [-0.05, 0) is 40.2 Å². The van der Waals surface area contributed by atoms with Gasteiger partial charge in [0, 0.05) is 18.9 Å². The summed E-state index contributed by atoms with van der Waals surface area (Å²) in [5.41, 5.74) is 0.784. The first-order valence-electron chi connectivity index (χ1n) is 5.61. The van der Waals surface area contributed by atoms with Crippen LogP contribution in [0.25, 0.3) is 0 Å². The number of amides is 1. The van der Waals surface area contributed by atoms with Crippen LogP contribution >= 0.6 is 27.5 Å². The Morgan fingerprint density at radius 2 is 2.15 bits per heavy atom. The van der Waals surface area contributed by atoms with Crippen LogP contribution in [-0.2, 0) is 0 Å². The average Bonchev–Trinajstić information content (AvgIpc) is 2.42. The Morgan fingerprint density at radius 1 is 1.40 bits per heavy atom. The van der Waals surface area contributed by atoms with Gasteiger partial charge in [-0.15, -0.1) is 0 Å². The van der Waals surface area contributed by atoms with Crippen LogP contribution in [0.3, 0.4) is 0 Å². The second-order valence-electron chi connectivity index (χ2n) is 3.89. The number of nitrogens with one attached hydrogen (secondary N) is 2. The molecule has 0 radical (unpaired) electrons. The van der Waals surface area contributed by atoms with Gasteiger partial charge in [-0.3, -0.25) is 4.79 Å². The van der Waals surface area contributed by atoms with Gasteiger partial charge >= 0.3 is 0 Å². The molecular formula is C13H10BrClFN3O. The molecule has 0 spiro atoms. The van der Waals surface area contributed by atoms with E-state index in [2.05, 4.69) is 31.5 Å². The van der Waals surface area contributed by atoms with E-state index >= 15 is 0 Å². The van der Waals surface area contributed by atoms with Crippen molar-refractivity contribution in [3.63, 3.8) is 0 Å². The Balaban J connectivity index is 2.19. The number of hydrogen-bond donors (Lipinski definition) is 2. The molecule has 0 bridgehead atoms. The van der Waals surface area contributed by atoms with E-state index in [9.17, 15) is 9.18 Å². The van der Waals surface area contributed by atoms with Crippen LogP contribution in [0.4, 0.5) is 15.9 Å². The standard InChI is InChI=1S/C13H10BrClFN3O/c1-17-12-10(15)4-7(6-18-12)13(20)19-8-2-3-11(16)9(14)5-8/h2-6H,1H3,(H,17,18)(H,19,20). The second kappa shape index (κ2) is 6.19. The Kier molecular flexibility index (Phi) is 4.57. The fourth-order valence-corrected chi connectivity index (χ4v) is 2.16. The van der Waals surface area contributed by atoms with Crippen molar-refractivity contribution in [2.45, 2.75) is 0 Å². The van der Waals surface area contributed by atoms with Crippen LogP contribution in [0.15, 0.2) is 34.9 Å². The van der Waals surface area contributed by atoms with Gasteiger partial charge in [0.15, 0.2) is 0 Å². The van der Waals surface area contributed by atoms with E-state index in [4.69, 9.17) is 11.6 Å². The molecule has 104 valence electrons. The third-order valence-corrected chi connectivity index (χ3v) is 3.41. The highest BCUT2D eigenvalue weighted by atomic mass is 79.9. The molecule has 0 unspecified atom stereocenters. The van der Waals surface area contributed by atoms with E-state index < -0.39 is 5.82 Å². The van der Waals surface area contributed by atoms with E-state index in [1.807, 2.05) is 0 Å². The van der Waals surface area contributed by atoms with Gasteiger partial charge in [-0.1, -0.05) is 11.6 Å². The molecule has 0 atom stereocenters. The summed E-state index contributed by atoms with van der Waals surface area (Å²) in [7, 11) is 1.68. The van der Waals surface area contributed by atoms with Crippen molar-refractivity contribution >= 4 is 44.9 Å². The molecule has 0 aliphatic rings. The highest BCUT2D eigenvalue weighted by Crippen LogP contribution is 2.22. The maximum absolute atomic E-state index is 13.1. The lowest BCUT2D eigenvalue weighted by atomic mass is 10.2. The van der Waals surface area contributed by atoms with E-state index in [0.717, 1.165) is 0 Å². The van der Waals surface area contributed by atoms with Gasteiger partial charge in [-0.2, -0.15) is 0 Å². The normalized spacial score (nSPS) is 10.2. The van der Waals surface area contributed by atoms with E-state index in [0.29, 0.717) is 22.1 Å². The minimum absolute atomic E-state index is 0.275. The Bertz CT molecular complexity index is 666. The molecule has 20 heavy (non-hydrogen) atoms. The van der Waals surface area contributed by atoms with Crippen LogP contribution in [0.1, 0.15) is 10.4 Å². The smallest absolute Gasteiger partial charge is 0.257 e. The lowest BCUT2D eigenvalue weighted by molar-refractivity contribution is 0.102. The minimum atomic E-state index is -0.397. The maximum Gasteiger partial charge on any atom is 0.257 e. The lowest BCUT2D eigenvalue weighted by Gasteiger charge is -2.08. The van der Waals surface area contributed by atoms with E-state index in [-0.39, 0.29) is 10.4 Å². The second-order valence-corrected chi connectivity index (χ2v) is 5.15. The molecule has 1 aromatic heterocycles. The van der Waals surface area contributed by atoms with Crippen LogP contribution < -0.4 is 10.6 Å². The molecule has 0 fully saturated rings. The number of carbonyl (C=O) groups is 1. The van der Waals surface area contributed by atoms with Crippen LogP contribution in [0.5, 0.6) is 0 Å². The van der Waals surface area contributed by atoms with Crippen molar-refractivity contribution in [1.82, 2.24) is 4.98 Å². The summed E-state index contributed by atoms with van der Waals surface area (Å²) in [4.78, 5) is 16.0. The van der Waals surface area contributed by atoms with Crippen LogP contribution in [0.2, 0.25) is 5.02 Å². The molecule has 1 aromatic carbocycles. The van der Waals surface area contributed by atoms with Gasteiger partial charge in [0.05, 0.1) is 15.1 Å². The summed E-state index contributed by atoms with van der Waals surface area (Å²) in [5.74, 6) is -0.278. The van der Waals surface area contributed by atoms with E-state index in [1.54, 1.807) is 7.05 Å². The van der Waals surface area contributed by atoms with Gasteiger partial charge in [0.25, 0.3) is 5.91 Å². The van der Waals surface area contributed by atoms with Gasteiger partial charge in [0.2, 0.25) is 0 Å². The molecule has 2 rings (SSSR count). The highest BCUT2D eigenvalue weighted by molar-refractivity contribution is 9.10. The van der Waals surface area contributed by atoms with Gasteiger partial charge in [0.1, 0.15) is 11.6 Å². The largest absolute Gasteiger partial charge is 0.372 e. The molecule has 1 amide bonds. The van der Waals surface area contributed by atoms with E-state index in [1.165, 1.54) is 30.5 Å². The summed E-state index contributed by atoms with van der Waals surface area (Å²) in [6.45, 7) is 0. The highest BCUT2D eigenvalue weighted by Gasteiger charge is 2.10. The summed E-state index contributed by atoms with van der Waals surface area (Å²) in [6, 6.07) is 5.71. The molecule has 0 aliphatic heterocycles. The van der Waals surface area contributed by atoms with Crippen LogP contribution in [-0.4, -0.2) is 17.9 Å². The number of hydrogen-bond acceptors (Lipinski definition) is 3. The Morgan fingerprint density at radius 3 is 2.75 bits per heavy atom. The molecule has 0 saturated carbocycles. The molecular weight excluding hydrogens is 349 g/mol. The summed E-state index contributed by atoms with van der Waals surface area (Å²) in [5, 5.41) is 5.79. The first-order valence-corrected chi connectivity index (χ1v) is 6.78. The fraction of sp³-hybridized carbons (Fsp3) is 0.0769. The molecule has 7 heteroatoms. The van der Waals surface area contributed by atoms with Crippen molar-refractivity contribution < 1.29 is 9.18 Å².